The molecule has 1 aliphatic heterocycles. The van der Waals surface area contributed by atoms with Gasteiger partial charge in [0.15, 0.2) is 5.78 Å². The van der Waals surface area contributed by atoms with E-state index < -0.39 is 11.5 Å². The molecular formula is C20H30O2S2. The molecule has 3 aliphatic rings. The van der Waals surface area contributed by atoms with Crippen LogP contribution in [0.1, 0.15) is 52.9 Å². The summed E-state index contributed by atoms with van der Waals surface area (Å²) in [6.07, 6.45) is 5.91. The van der Waals surface area contributed by atoms with Crippen molar-refractivity contribution in [2.45, 2.75) is 63.6 Å². The number of aliphatic hydroxyl groups is 1. The third-order valence-corrected chi connectivity index (χ3v) is 10.3. The Hall–Kier alpha value is -0.190. The van der Waals surface area contributed by atoms with Crippen LogP contribution in [0.5, 0.6) is 0 Å². The lowest BCUT2D eigenvalue weighted by Gasteiger charge is -2.47. The molecule has 0 aromatic heterocycles. The Labute approximate surface area is 154 Å². The zero-order valence-electron chi connectivity index (χ0n) is 15.1. The van der Waals surface area contributed by atoms with Crippen LogP contribution < -0.4 is 0 Å². The summed E-state index contributed by atoms with van der Waals surface area (Å²) >= 11 is 3.97. The van der Waals surface area contributed by atoms with Crippen LogP contribution in [-0.4, -0.2) is 33.1 Å². The van der Waals surface area contributed by atoms with E-state index in [-0.39, 0.29) is 11.2 Å². The van der Waals surface area contributed by atoms with E-state index in [1.165, 1.54) is 17.1 Å². The number of hydrogen-bond donors (Lipinski definition) is 1. The lowest BCUT2D eigenvalue weighted by Crippen LogP contribution is -2.46. The Morgan fingerprint density at radius 2 is 2.04 bits per heavy atom. The van der Waals surface area contributed by atoms with Crippen molar-refractivity contribution in [1.82, 2.24) is 0 Å². The SMILES string of the molecule is C=C[C@](C)(C[C@@H](O)C1(C)C2=C(CCC2=O)CCC1C)C1SCCS1. The lowest BCUT2D eigenvalue weighted by atomic mass is 9.60. The van der Waals surface area contributed by atoms with E-state index in [1.54, 1.807) is 0 Å². The number of ketones is 1. The monoisotopic (exact) mass is 366 g/mol. The van der Waals surface area contributed by atoms with Gasteiger partial charge in [-0.05, 0) is 31.6 Å². The number of thioether (sulfide) groups is 2. The van der Waals surface area contributed by atoms with E-state index in [0.717, 1.165) is 24.8 Å². The molecule has 2 nitrogen and oxygen atoms in total. The van der Waals surface area contributed by atoms with Crippen molar-refractivity contribution in [1.29, 1.82) is 0 Å². The number of rotatable bonds is 5. The molecular weight excluding hydrogens is 336 g/mol. The van der Waals surface area contributed by atoms with Crippen molar-refractivity contribution < 1.29 is 9.90 Å². The normalized spacial score (nSPS) is 35.0. The van der Waals surface area contributed by atoms with Gasteiger partial charge in [-0.25, -0.2) is 0 Å². The van der Waals surface area contributed by atoms with Gasteiger partial charge >= 0.3 is 0 Å². The molecule has 134 valence electrons. The Kier molecular flexibility index (Phi) is 5.30. The number of carbonyl (C=O) groups is 1. The summed E-state index contributed by atoms with van der Waals surface area (Å²) in [4.78, 5) is 12.6. The maximum absolute atomic E-state index is 12.6. The van der Waals surface area contributed by atoms with E-state index in [0.29, 0.717) is 23.3 Å². The first-order chi connectivity index (χ1) is 11.3. The van der Waals surface area contributed by atoms with Gasteiger partial charge in [0.05, 0.1) is 10.7 Å². The predicted octanol–water partition coefficient (Wildman–Crippen LogP) is 4.83. The zero-order valence-corrected chi connectivity index (χ0v) is 16.8. The fourth-order valence-corrected chi connectivity index (χ4v) is 8.03. The molecule has 0 radical (unpaired) electrons. The Balaban J connectivity index is 1.89. The first-order valence-corrected chi connectivity index (χ1v) is 11.2. The van der Waals surface area contributed by atoms with Gasteiger partial charge in [-0.1, -0.05) is 32.4 Å². The van der Waals surface area contributed by atoms with Crippen molar-refractivity contribution in [2.75, 3.05) is 11.5 Å². The van der Waals surface area contributed by atoms with Gasteiger partial charge in [-0.3, -0.25) is 4.79 Å². The maximum atomic E-state index is 12.6. The third kappa shape index (κ3) is 2.93. The van der Waals surface area contributed by atoms with Gasteiger partial charge in [0.1, 0.15) is 0 Å². The van der Waals surface area contributed by atoms with Gasteiger partial charge in [0.2, 0.25) is 0 Å². The summed E-state index contributed by atoms with van der Waals surface area (Å²) < 4.78 is 0.458. The van der Waals surface area contributed by atoms with Crippen LogP contribution in [-0.2, 0) is 4.79 Å². The lowest BCUT2D eigenvalue weighted by molar-refractivity contribution is -0.118. The van der Waals surface area contributed by atoms with Crippen LogP contribution in [0.2, 0.25) is 0 Å². The molecule has 1 N–H and O–H groups in total. The minimum atomic E-state index is -0.496. The number of aliphatic hydroxyl groups excluding tert-OH is 1. The predicted molar refractivity (Wildman–Crippen MR) is 105 cm³/mol. The summed E-state index contributed by atoms with van der Waals surface area (Å²) in [5, 5.41) is 11.3. The average molecular weight is 367 g/mol. The molecule has 0 amide bonds. The van der Waals surface area contributed by atoms with Crippen LogP contribution in [0.15, 0.2) is 23.8 Å². The average Bonchev–Trinajstić information content (AvgIpc) is 3.21. The molecule has 0 aromatic carbocycles. The topological polar surface area (TPSA) is 37.3 Å². The number of Topliss-reactive ketones (excluding diaryl/α,β-unsaturated/α-hetero) is 1. The van der Waals surface area contributed by atoms with Gasteiger partial charge < -0.3 is 5.11 Å². The second-order valence-corrected chi connectivity index (χ2v) is 10.9. The van der Waals surface area contributed by atoms with Crippen LogP contribution in [0, 0.1) is 16.7 Å². The van der Waals surface area contributed by atoms with Crippen LogP contribution in [0.25, 0.3) is 0 Å². The number of carbonyl (C=O) groups excluding carboxylic acids is 1. The first kappa shape index (κ1) is 18.6. The van der Waals surface area contributed by atoms with Crippen molar-refractivity contribution in [3.05, 3.63) is 23.8 Å². The molecule has 0 spiro atoms. The highest BCUT2D eigenvalue weighted by Gasteiger charge is 2.51. The molecule has 1 heterocycles. The molecule has 0 aromatic rings. The van der Waals surface area contributed by atoms with Crippen LogP contribution in [0.3, 0.4) is 0 Å². The Morgan fingerprint density at radius 3 is 2.67 bits per heavy atom. The second-order valence-electron chi connectivity index (χ2n) is 8.13. The van der Waals surface area contributed by atoms with Crippen molar-refractivity contribution in [3.63, 3.8) is 0 Å². The van der Waals surface area contributed by atoms with E-state index in [2.05, 4.69) is 27.4 Å². The molecule has 2 aliphatic carbocycles. The van der Waals surface area contributed by atoms with Crippen LogP contribution in [0.4, 0.5) is 0 Å². The molecule has 4 atom stereocenters. The molecule has 0 saturated carbocycles. The molecule has 4 heteroatoms. The third-order valence-electron chi connectivity index (χ3n) is 6.68. The van der Waals surface area contributed by atoms with Crippen LogP contribution >= 0.6 is 23.5 Å². The molecule has 0 bridgehead atoms. The zero-order chi connectivity index (χ0) is 17.5. The van der Waals surface area contributed by atoms with E-state index >= 15 is 0 Å². The van der Waals surface area contributed by atoms with Gasteiger partial charge in [-0.15, -0.1) is 30.1 Å². The number of hydrogen-bond acceptors (Lipinski definition) is 4. The summed E-state index contributed by atoms with van der Waals surface area (Å²) in [5.74, 6) is 2.97. The van der Waals surface area contributed by atoms with Gasteiger partial charge in [0.25, 0.3) is 0 Å². The first-order valence-electron chi connectivity index (χ1n) is 9.13. The van der Waals surface area contributed by atoms with E-state index in [9.17, 15) is 9.90 Å². The van der Waals surface area contributed by atoms with Crippen molar-refractivity contribution >= 4 is 29.3 Å². The quantitative estimate of drug-likeness (QED) is 0.707. The summed E-state index contributed by atoms with van der Waals surface area (Å²) in [6, 6.07) is 0. The fourth-order valence-electron chi connectivity index (χ4n) is 4.72. The highest BCUT2D eigenvalue weighted by Crippen LogP contribution is 2.55. The van der Waals surface area contributed by atoms with Crippen molar-refractivity contribution in [3.8, 4) is 0 Å². The minimum Gasteiger partial charge on any atom is -0.392 e. The van der Waals surface area contributed by atoms with E-state index in [4.69, 9.17) is 0 Å². The smallest absolute Gasteiger partial charge is 0.159 e. The highest BCUT2D eigenvalue weighted by molar-refractivity contribution is 8.20. The summed E-state index contributed by atoms with van der Waals surface area (Å²) in [5.41, 5.74) is 1.80. The van der Waals surface area contributed by atoms with Gasteiger partial charge in [0, 0.05) is 34.3 Å². The van der Waals surface area contributed by atoms with Crippen molar-refractivity contribution in [2.24, 2.45) is 16.7 Å². The standard InChI is InChI=1S/C20H30O2S2/c1-5-19(3,18-23-10-11-24-18)12-16(22)20(4)13(2)6-7-14-8-9-15(21)17(14)20/h5,13,16,18,22H,1,6-12H2,2-4H3/t13?,16-,19-,20?/m1/s1. The summed E-state index contributed by atoms with van der Waals surface area (Å²) in [6.45, 7) is 10.7. The molecule has 1 fully saturated rings. The number of allylic oxidation sites excluding steroid dienone is 2. The van der Waals surface area contributed by atoms with Gasteiger partial charge in [-0.2, -0.15) is 0 Å². The molecule has 1 saturated heterocycles. The summed E-state index contributed by atoms with van der Waals surface area (Å²) in [7, 11) is 0. The Bertz CT molecular complexity index is 564. The fraction of sp³-hybridized carbons (Fsp3) is 0.750. The molecule has 24 heavy (non-hydrogen) atoms. The maximum Gasteiger partial charge on any atom is 0.159 e. The minimum absolute atomic E-state index is 0.103. The second kappa shape index (κ2) is 6.85. The van der Waals surface area contributed by atoms with E-state index in [1.807, 2.05) is 29.6 Å². The largest absolute Gasteiger partial charge is 0.392 e. The molecule has 2 unspecified atom stereocenters. The Morgan fingerprint density at radius 1 is 1.38 bits per heavy atom. The highest BCUT2D eigenvalue weighted by atomic mass is 32.2. The molecule has 3 rings (SSSR count).